The number of carbonyl (C=O) groups is 1. The first-order chi connectivity index (χ1) is 9.32. The smallest absolute Gasteiger partial charge is 0.318 e. The van der Waals surface area contributed by atoms with E-state index in [0.717, 1.165) is 0 Å². The summed E-state index contributed by atoms with van der Waals surface area (Å²) >= 11 is 0. The molecule has 0 aliphatic rings. The monoisotopic (exact) mass is 292 g/mol. The number of benzene rings is 1. The summed E-state index contributed by atoms with van der Waals surface area (Å²) in [6.45, 7) is 0.541. The first-order valence-electron chi connectivity index (χ1n) is 5.49. The average molecular weight is 292 g/mol. The van der Waals surface area contributed by atoms with Crippen molar-refractivity contribution in [2.45, 2.75) is 11.8 Å². The number of terminal acetylenes is 1. The van der Waals surface area contributed by atoms with Gasteiger partial charge in [0.05, 0.1) is 23.1 Å². The average Bonchev–Trinajstić information content (AvgIpc) is 2.37. The number of carboxylic acid groups (broad SMARTS) is 1. The molecule has 1 N–H and O–H groups in total. The molecule has 0 spiro atoms. The molecule has 0 amide bonds. The van der Waals surface area contributed by atoms with Crippen LogP contribution in [0.5, 0.6) is 0 Å². The predicted molar refractivity (Wildman–Crippen MR) is 71.1 cm³/mol. The number of nitriles is 1. The maximum absolute atomic E-state index is 12.3. The zero-order valence-corrected chi connectivity index (χ0v) is 11.5. The Hall–Kier alpha value is -2.35. The predicted octanol–water partition coefficient (Wildman–Crippen LogP) is 0.575. The summed E-state index contributed by atoms with van der Waals surface area (Å²) in [5.74, 6) is 0.820. The third-order valence-corrected chi connectivity index (χ3v) is 4.32. The minimum absolute atomic E-state index is 0.0921. The highest BCUT2D eigenvalue weighted by atomic mass is 32.2. The van der Waals surface area contributed by atoms with E-state index in [0.29, 0.717) is 15.4 Å². The van der Waals surface area contributed by atoms with Crippen LogP contribution in [0.25, 0.3) is 0 Å². The van der Waals surface area contributed by atoms with Gasteiger partial charge in [-0.15, -0.1) is 6.42 Å². The summed E-state index contributed by atoms with van der Waals surface area (Å²) < 4.78 is 25.3. The van der Waals surface area contributed by atoms with Crippen LogP contribution in [0.15, 0.2) is 23.1 Å². The molecule has 0 aliphatic heterocycles. The van der Waals surface area contributed by atoms with E-state index in [1.54, 1.807) is 6.92 Å². The van der Waals surface area contributed by atoms with Crippen molar-refractivity contribution < 1.29 is 18.3 Å². The number of nitrogens with zero attached hydrogens (tertiary/aromatic N) is 2. The summed E-state index contributed by atoms with van der Waals surface area (Å²) in [7, 11) is -4.01. The Morgan fingerprint density at radius 1 is 1.50 bits per heavy atom. The molecule has 7 heteroatoms. The van der Waals surface area contributed by atoms with Crippen molar-refractivity contribution in [3.05, 3.63) is 29.3 Å². The van der Waals surface area contributed by atoms with Gasteiger partial charge in [-0.3, -0.25) is 4.79 Å². The van der Waals surface area contributed by atoms with Crippen LogP contribution in [0, 0.1) is 30.6 Å². The number of hydrogen-bond acceptors (Lipinski definition) is 4. The zero-order valence-electron chi connectivity index (χ0n) is 10.7. The van der Waals surface area contributed by atoms with Crippen molar-refractivity contribution in [3.63, 3.8) is 0 Å². The third kappa shape index (κ3) is 3.35. The molecule has 1 aromatic rings. The van der Waals surface area contributed by atoms with Crippen LogP contribution < -0.4 is 0 Å². The van der Waals surface area contributed by atoms with Gasteiger partial charge in [0.1, 0.15) is 6.54 Å². The topological polar surface area (TPSA) is 98.5 Å². The molecule has 0 heterocycles. The molecule has 0 radical (unpaired) electrons. The van der Waals surface area contributed by atoms with E-state index in [1.165, 1.54) is 18.2 Å². The molecule has 1 aromatic carbocycles. The Bertz CT molecular complexity index is 711. The minimum atomic E-state index is -4.01. The highest BCUT2D eigenvalue weighted by Gasteiger charge is 2.26. The summed E-state index contributed by atoms with van der Waals surface area (Å²) in [5.41, 5.74) is 0.843. The van der Waals surface area contributed by atoms with E-state index >= 15 is 0 Å². The Balaban J connectivity index is 3.27. The van der Waals surface area contributed by atoms with Crippen molar-refractivity contribution in [2.24, 2.45) is 0 Å². The molecule has 0 bridgehead atoms. The van der Waals surface area contributed by atoms with Crippen LogP contribution in [0.1, 0.15) is 11.1 Å². The van der Waals surface area contributed by atoms with Crippen LogP contribution in [0.3, 0.4) is 0 Å². The van der Waals surface area contributed by atoms with Gasteiger partial charge >= 0.3 is 5.97 Å². The molecule has 6 nitrogen and oxygen atoms in total. The molecule has 0 aliphatic carbocycles. The van der Waals surface area contributed by atoms with Gasteiger partial charge in [-0.05, 0) is 30.7 Å². The molecular weight excluding hydrogens is 280 g/mol. The van der Waals surface area contributed by atoms with Crippen molar-refractivity contribution in [3.8, 4) is 18.4 Å². The second kappa shape index (κ2) is 6.20. The maximum atomic E-state index is 12.3. The largest absolute Gasteiger partial charge is 0.480 e. The fourth-order valence-electron chi connectivity index (χ4n) is 1.55. The molecule has 0 atom stereocenters. The van der Waals surface area contributed by atoms with Gasteiger partial charge in [0.15, 0.2) is 0 Å². The number of aryl methyl sites for hydroxylation is 1. The Morgan fingerprint density at radius 2 is 2.15 bits per heavy atom. The fraction of sp³-hybridized carbons (Fsp3) is 0.231. The Labute approximate surface area is 117 Å². The number of carboxylic acids is 1. The van der Waals surface area contributed by atoms with E-state index in [-0.39, 0.29) is 11.4 Å². The fourth-order valence-corrected chi connectivity index (χ4v) is 2.94. The molecule has 0 fully saturated rings. The quantitative estimate of drug-likeness (QED) is 0.800. The van der Waals surface area contributed by atoms with Crippen molar-refractivity contribution in [1.82, 2.24) is 4.31 Å². The second-order valence-corrected chi connectivity index (χ2v) is 5.90. The normalized spacial score (nSPS) is 10.8. The molecular formula is C13H12N2O4S. The van der Waals surface area contributed by atoms with Crippen molar-refractivity contribution in [1.29, 1.82) is 5.26 Å². The highest BCUT2D eigenvalue weighted by molar-refractivity contribution is 7.89. The number of sulfonamides is 1. The minimum Gasteiger partial charge on any atom is -0.480 e. The van der Waals surface area contributed by atoms with Crippen LogP contribution >= 0.6 is 0 Å². The van der Waals surface area contributed by atoms with E-state index in [1.807, 2.05) is 6.07 Å². The molecule has 0 saturated carbocycles. The standard InChI is InChI=1S/C13H12N2O4S/c1-3-6-15(9-13(16)17)20(18,19)12-5-4-11(8-14)10(2)7-12/h1,4-5,7H,6,9H2,2H3,(H,16,17). The van der Waals surface area contributed by atoms with Gasteiger partial charge in [-0.25, -0.2) is 8.42 Å². The first-order valence-corrected chi connectivity index (χ1v) is 6.93. The SMILES string of the molecule is C#CCN(CC(=O)O)S(=O)(=O)c1ccc(C#N)c(C)c1. The Kier molecular flexibility index (Phi) is 4.87. The van der Waals surface area contributed by atoms with Gasteiger partial charge in [0.25, 0.3) is 0 Å². The van der Waals surface area contributed by atoms with Gasteiger partial charge < -0.3 is 5.11 Å². The third-order valence-electron chi connectivity index (χ3n) is 2.54. The molecule has 20 heavy (non-hydrogen) atoms. The van der Waals surface area contributed by atoms with Gasteiger partial charge in [0.2, 0.25) is 10.0 Å². The molecule has 104 valence electrons. The van der Waals surface area contributed by atoms with Gasteiger partial charge in [0, 0.05) is 0 Å². The van der Waals surface area contributed by atoms with Crippen molar-refractivity contribution in [2.75, 3.05) is 13.1 Å². The summed E-state index contributed by atoms with van der Waals surface area (Å²) in [6.07, 6.45) is 5.06. The van der Waals surface area contributed by atoms with Gasteiger partial charge in [-0.1, -0.05) is 5.92 Å². The lowest BCUT2D eigenvalue weighted by Crippen LogP contribution is -2.36. The van der Waals surface area contributed by atoms with Crippen LogP contribution in [-0.2, 0) is 14.8 Å². The maximum Gasteiger partial charge on any atom is 0.318 e. The van der Waals surface area contributed by atoms with Crippen LogP contribution in [-0.4, -0.2) is 36.9 Å². The summed E-state index contributed by atoms with van der Waals surface area (Å²) in [4.78, 5) is 10.6. The van der Waals surface area contributed by atoms with E-state index < -0.39 is 22.5 Å². The molecule has 1 rings (SSSR count). The number of aliphatic carboxylic acids is 1. The molecule has 0 aromatic heterocycles. The van der Waals surface area contributed by atoms with Crippen LogP contribution in [0.4, 0.5) is 0 Å². The second-order valence-electron chi connectivity index (χ2n) is 3.96. The van der Waals surface area contributed by atoms with E-state index in [9.17, 15) is 13.2 Å². The number of rotatable bonds is 5. The lowest BCUT2D eigenvalue weighted by atomic mass is 10.1. The van der Waals surface area contributed by atoms with Crippen molar-refractivity contribution >= 4 is 16.0 Å². The highest BCUT2D eigenvalue weighted by Crippen LogP contribution is 2.18. The van der Waals surface area contributed by atoms with E-state index in [2.05, 4.69) is 5.92 Å². The molecule has 0 saturated heterocycles. The lowest BCUT2D eigenvalue weighted by molar-refractivity contribution is -0.137. The van der Waals surface area contributed by atoms with E-state index in [4.69, 9.17) is 16.8 Å². The summed E-state index contributed by atoms with van der Waals surface area (Å²) in [5, 5.41) is 17.6. The number of hydrogen-bond donors (Lipinski definition) is 1. The zero-order chi connectivity index (χ0) is 15.3. The van der Waals surface area contributed by atoms with Crippen LogP contribution in [0.2, 0.25) is 0 Å². The lowest BCUT2D eigenvalue weighted by Gasteiger charge is -2.18. The Morgan fingerprint density at radius 3 is 2.60 bits per heavy atom. The summed E-state index contributed by atoms with van der Waals surface area (Å²) in [6, 6.07) is 5.87. The first kappa shape index (κ1) is 15.7. The molecule has 0 unspecified atom stereocenters. The van der Waals surface area contributed by atoms with Gasteiger partial charge in [-0.2, -0.15) is 9.57 Å².